The predicted molar refractivity (Wildman–Crippen MR) is 97.5 cm³/mol. The fourth-order valence-electron chi connectivity index (χ4n) is 2.47. The molecule has 0 aliphatic rings. The van der Waals surface area contributed by atoms with E-state index in [1.165, 1.54) is 18.2 Å². The lowest BCUT2D eigenvalue weighted by atomic mass is 10.1. The van der Waals surface area contributed by atoms with Crippen molar-refractivity contribution in [3.05, 3.63) is 77.9 Å². The first-order chi connectivity index (χ1) is 12.8. The average Bonchev–Trinajstić information content (AvgIpc) is 2.64. The lowest BCUT2D eigenvalue weighted by Gasteiger charge is -2.06. The number of alkyl halides is 3. The Balaban J connectivity index is 1.72. The maximum Gasteiger partial charge on any atom is 0.416 e. The molecule has 0 radical (unpaired) electrons. The number of fused-ring (bicyclic) bond motifs is 1. The van der Waals surface area contributed by atoms with Crippen molar-refractivity contribution in [2.45, 2.75) is 11.1 Å². The number of benzene rings is 3. The van der Waals surface area contributed by atoms with Crippen LogP contribution in [0.15, 0.2) is 71.6 Å². The molecule has 0 atom stereocenters. The topological polar surface area (TPSA) is 46.2 Å². The molecule has 3 aromatic carbocycles. The van der Waals surface area contributed by atoms with Gasteiger partial charge in [0, 0.05) is 5.56 Å². The second-order valence-corrected chi connectivity index (χ2v) is 7.48. The zero-order chi connectivity index (χ0) is 19.5. The van der Waals surface area contributed by atoms with E-state index in [-0.39, 0.29) is 17.0 Å². The van der Waals surface area contributed by atoms with Crippen molar-refractivity contribution in [1.82, 2.24) is 4.72 Å². The molecule has 0 heterocycles. The van der Waals surface area contributed by atoms with Crippen LogP contribution in [0.2, 0.25) is 0 Å². The lowest BCUT2D eigenvalue weighted by molar-refractivity contribution is -0.137. The average molecular weight is 389 g/mol. The van der Waals surface area contributed by atoms with E-state index >= 15 is 0 Å². The fourth-order valence-corrected chi connectivity index (χ4v) is 3.43. The van der Waals surface area contributed by atoms with Gasteiger partial charge in [0.2, 0.25) is 10.0 Å². The Labute approximate surface area is 154 Å². The molecular weight excluding hydrogens is 375 g/mol. The third kappa shape index (κ3) is 4.67. The van der Waals surface area contributed by atoms with E-state index < -0.39 is 21.8 Å². The standard InChI is InChI=1S/C20H14F3NO2S/c21-20(22,23)18-9-3-5-15(13-18)6-4-12-24-27(25,26)19-11-10-16-7-1-2-8-17(16)14-19/h1-3,5,7-11,13-14,24H,12H2. The SMILES string of the molecule is O=S(=O)(NCC#Cc1cccc(C(F)(F)F)c1)c1ccc2ccccc2c1. The first-order valence-corrected chi connectivity index (χ1v) is 9.39. The molecule has 0 saturated heterocycles. The van der Waals surface area contributed by atoms with E-state index in [4.69, 9.17) is 0 Å². The molecular formula is C20H14F3NO2S. The summed E-state index contributed by atoms with van der Waals surface area (Å²) in [6.07, 6.45) is -4.45. The van der Waals surface area contributed by atoms with Gasteiger partial charge in [0.1, 0.15) is 0 Å². The summed E-state index contributed by atoms with van der Waals surface area (Å²) in [5, 5.41) is 1.70. The highest BCUT2D eigenvalue weighted by molar-refractivity contribution is 7.89. The van der Waals surface area contributed by atoms with Crippen LogP contribution in [0.25, 0.3) is 10.8 Å². The summed E-state index contributed by atoms with van der Waals surface area (Å²) in [5.41, 5.74) is -0.638. The van der Waals surface area contributed by atoms with Crippen molar-refractivity contribution in [1.29, 1.82) is 0 Å². The smallest absolute Gasteiger partial charge is 0.207 e. The maximum atomic E-state index is 12.7. The number of nitrogens with one attached hydrogen (secondary N) is 1. The molecule has 7 heteroatoms. The largest absolute Gasteiger partial charge is 0.416 e. The molecule has 1 N–H and O–H groups in total. The van der Waals surface area contributed by atoms with Crippen LogP contribution in [-0.2, 0) is 16.2 Å². The van der Waals surface area contributed by atoms with Crippen LogP contribution in [0.4, 0.5) is 13.2 Å². The van der Waals surface area contributed by atoms with Crippen LogP contribution in [0, 0.1) is 11.8 Å². The van der Waals surface area contributed by atoms with Gasteiger partial charge in [-0.15, -0.1) is 0 Å². The highest BCUT2D eigenvalue weighted by Gasteiger charge is 2.30. The number of halogens is 3. The molecule has 27 heavy (non-hydrogen) atoms. The molecule has 138 valence electrons. The van der Waals surface area contributed by atoms with E-state index in [0.29, 0.717) is 0 Å². The predicted octanol–water partition coefficient (Wildman–Crippen LogP) is 4.19. The van der Waals surface area contributed by atoms with Crippen molar-refractivity contribution in [2.24, 2.45) is 0 Å². The van der Waals surface area contributed by atoms with E-state index in [9.17, 15) is 21.6 Å². The Morgan fingerprint density at radius 2 is 1.63 bits per heavy atom. The van der Waals surface area contributed by atoms with Crippen LogP contribution in [0.1, 0.15) is 11.1 Å². The monoisotopic (exact) mass is 389 g/mol. The van der Waals surface area contributed by atoms with Crippen LogP contribution in [0.5, 0.6) is 0 Å². The Morgan fingerprint density at radius 1 is 0.889 bits per heavy atom. The van der Waals surface area contributed by atoms with Crippen LogP contribution in [-0.4, -0.2) is 15.0 Å². The quantitative estimate of drug-likeness (QED) is 0.683. The van der Waals surface area contributed by atoms with E-state index in [2.05, 4.69) is 16.6 Å². The molecule has 0 aliphatic heterocycles. The second kappa shape index (κ2) is 7.43. The normalized spacial score (nSPS) is 11.8. The minimum absolute atomic E-state index is 0.0991. The van der Waals surface area contributed by atoms with Gasteiger partial charge in [-0.3, -0.25) is 0 Å². The van der Waals surface area contributed by atoms with Gasteiger partial charge in [-0.2, -0.15) is 17.9 Å². The lowest BCUT2D eigenvalue weighted by Crippen LogP contribution is -2.23. The van der Waals surface area contributed by atoms with Crippen molar-refractivity contribution >= 4 is 20.8 Å². The summed E-state index contributed by atoms with van der Waals surface area (Å²) in [6, 6.07) is 16.7. The molecule has 0 unspecified atom stereocenters. The van der Waals surface area contributed by atoms with Crippen LogP contribution >= 0.6 is 0 Å². The highest BCUT2D eigenvalue weighted by Crippen LogP contribution is 2.29. The van der Waals surface area contributed by atoms with Crippen molar-refractivity contribution < 1.29 is 21.6 Å². The van der Waals surface area contributed by atoms with E-state index in [1.807, 2.05) is 24.3 Å². The summed E-state index contributed by atoms with van der Waals surface area (Å²) in [5.74, 6) is 5.07. The van der Waals surface area contributed by atoms with Gasteiger partial charge in [0.05, 0.1) is 17.0 Å². The third-order valence-electron chi connectivity index (χ3n) is 3.80. The van der Waals surface area contributed by atoms with Gasteiger partial charge < -0.3 is 0 Å². The molecule has 0 aliphatic carbocycles. The minimum atomic E-state index is -4.45. The van der Waals surface area contributed by atoms with Gasteiger partial charge in [0.25, 0.3) is 0 Å². The van der Waals surface area contributed by atoms with E-state index in [1.54, 1.807) is 12.1 Å². The first kappa shape index (κ1) is 19.0. The zero-order valence-electron chi connectivity index (χ0n) is 13.9. The number of sulfonamides is 1. The fraction of sp³-hybridized carbons (Fsp3) is 0.100. The third-order valence-corrected chi connectivity index (χ3v) is 5.20. The molecule has 3 nitrogen and oxygen atoms in total. The number of hydrogen-bond acceptors (Lipinski definition) is 2. The number of rotatable bonds is 3. The summed E-state index contributed by atoms with van der Waals surface area (Å²) < 4.78 is 65.0. The minimum Gasteiger partial charge on any atom is -0.207 e. The van der Waals surface area contributed by atoms with Crippen molar-refractivity contribution in [3.8, 4) is 11.8 Å². The summed E-state index contributed by atoms with van der Waals surface area (Å²) in [4.78, 5) is 0.0991. The Bertz CT molecular complexity index is 1140. The van der Waals surface area contributed by atoms with Gasteiger partial charge in [-0.25, -0.2) is 8.42 Å². The summed E-state index contributed by atoms with van der Waals surface area (Å²) in [6.45, 7) is -0.217. The highest BCUT2D eigenvalue weighted by atomic mass is 32.2. The molecule has 3 rings (SSSR count). The van der Waals surface area contributed by atoms with Gasteiger partial charge in [-0.1, -0.05) is 48.2 Å². The summed E-state index contributed by atoms with van der Waals surface area (Å²) in [7, 11) is -3.77. The van der Waals surface area contributed by atoms with Gasteiger partial charge in [0.15, 0.2) is 0 Å². The molecule has 0 fully saturated rings. The van der Waals surface area contributed by atoms with E-state index in [0.717, 1.165) is 22.9 Å². The second-order valence-electron chi connectivity index (χ2n) is 5.71. The molecule has 3 aromatic rings. The molecule has 0 spiro atoms. The number of hydrogen-bond donors (Lipinski definition) is 1. The Hall–Kier alpha value is -2.82. The van der Waals surface area contributed by atoms with Crippen LogP contribution in [0.3, 0.4) is 0 Å². The van der Waals surface area contributed by atoms with Crippen molar-refractivity contribution in [2.75, 3.05) is 6.54 Å². The zero-order valence-corrected chi connectivity index (χ0v) is 14.7. The molecule has 0 bridgehead atoms. The molecule has 0 saturated carbocycles. The van der Waals surface area contributed by atoms with Crippen molar-refractivity contribution in [3.63, 3.8) is 0 Å². The summed E-state index contributed by atoms with van der Waals surface area (Å²) >= 11 is 0. The first-order valence-electron chi connectivity index (χ1n) is 7.90. The van der Waals surface area contributed by atoms with Crippen LogP contribution < -0.4 is 4.72 Å². The Morgan fingerprint density at radius 3 is 2.37 bits per heavy atom. The van der Waals surface area contributed by atoms with Gasteiger partial charge >= 0.3 is 6.18 Å². The maximum absolute atomic E-state index is 12.7. The molecule has 0 amide bonds. The van der Waals surface area contributed by atoms with Gasteiger partial charge in [-0.05, 0) is 41.1 Å². The Kier molecular flexibility index (Phi) is 5.22. The molecule has 0 aromatic heterocycles.